The Morgan fingerprint density at radius 3 is 2.44 bits per heavy atom. The van der Waals surface area contributed by atoms with Crippen molar-refractivity contribution >= 4 is 74.6 Å². The number of hydrogen-bond donors (Lipinski definition) is 2. The molecule has 1 heterocycles. The van der Waals surface area contributed by atoms with Crippen molar-refractivity contribution in [2.45, 2.75) is 25.8 Å². The van der Waals surface area contributed by atoms with Gasteiger partial charge in [-0.05, 0) is 100.0 Å². The molecule has 2 aromatic carbocycles. The van der Waals surface area contributed by atoms with Crippen LogP contribution in [0.25, 0.3) is 6.08 Å². The Labute approximate surface area is 191 Å². The Morgan fingerprint density at radius 2 is 1.85 bits per heavy atom. The molecule has 0 saturated carbocycles. The van der Waals surface area contributed by atoms with Crippen LogP contribution in [0.15, 0.2) is 41.3 Å². The van der Waals surface area contributed by atoms with Crippen molar-refractivity contribution < 1.29 is 9.53 Å². The lowest BCUT2D eigenvalue weighted by Gasteiger charge is -2.13. The summed E-state index contributed by atoms with van der Waals surface area (Å²) in [7, 11) is 0. The van der Waals surface area contributed by atoms with E-state index in [0.29, 0.717) is 11.5 Å². The highest BCUT2D eigenvalue weighted by molar-refractivity contribution is 14.1. The molecule has 1 amide bonds. The molecule has 0 aliphatic carbocycles. The molecule has 142 valence electrons. The van der Waals surface area contributed by atoms with Crippen LogP contribution in [0.2, 0.25) is 0 Å². The largest absolute Gasteiger partial charge is 0.492 e. The number of thioether (sulfide) groups is 1. The lowest BCUT2D eigenvalue weighted by Crippen LogP contribution is -2.30. The number of aryl methyl sites for hydroxylation is 1. The van der Waals surface area contributed by atoms with Crippen molar-refractivity contribution in [2.75, 3.05) is 11.9 Å². The van der Waals surface area contributed by atoms with Crippen LogP contribution in [-0.2, 0) is 11.2 Å². The summed E-state index contributed by atoms with van der Waals surface area (Å²) in [5.74, 6) is 0.848. The van der Waals surface area contributed by atoms with E-state index in [0.717, 1.165) is 30.6 Å². The molecule has 1 aliphatic rings. The highest BCUT2D eigenvalue weighted by atomic mass is 127. The van der Waals surface area contributed by atoms with Crippen molar-refractivity contribution in [2.24, 2.45) is 0 Å². The predicted octanol–water partition coefficient (Wildman–Crippen LogP) is 5.46. The van der Waals surface area contributed by atoms with Gasteiger partial charge in [0, 0.05) is 5.69 Å². The molecule has 0 unspecified atom stereocenters. The SMILES string of the molecule is CCOc1c(I)cc(/C=C2\S[C@@H](Nc3ccc(CC)cc3)NC2=O)cc1I. The van der Waals surface area contributed by atoms with Gasteiger partial charge in [0.2, 0.25) is 0 Å². The summed E-state index contributed by atoms with van der Waals surface area (Å²) in [6.07, 6.45) is 2.95. The van der Waals surface area contributed by atoms with Crippen LogP contribution in [0.3, 0.4) is 0 Å². The van der Waals surface area contributed by atoms with Crippen molar-refractivity contribution in [1.82, 2.24) is 5.32 Å². The maximum atomic E-state index is 12.4. The smallest absolute Gasteiger partial charge is 0.260 e. The summed E-state index contributed by atoms with van der Waals surface area (Å²) < 4.78 is 7.77. The van der Waals surface area contributed by atoms with E-state index in [1.165, 1.54) is 17.3 Å². The van der Waals surface area contributed by atoms with Gasteiger partial charge in [-0.2, -0.15) is 0 Å². The van der Waals surface area contributed by atoms with Crippen LogP contribution in [0.4, 0.5) is 5.69 Å². The fourth-order valence-corrected chi connectivity index (χ4v) is 5.76. The van der Waals surface area contributed by atoms with Gasteiger partial charge in [0.05, 0.1) is 18.7 Å². The standard InChI is InChI=1S/C20H20I2N2O2S/c1-3-12-5-7-14(8-6-12)23-20-24-19(25)17(27-20)11-13-9-15(21)18(26-4-2)16(22)10-13/h5-11,20,23H,3-4H2,1-2H3,(H,24,25)/b17-11-/t20-/m0/s1. The third-order valence-corrected chi connectivity index (χ3v) is 6.63. The van der Waals surface area contributed by atoms with Gasteiger partial charge in [-0.15, -0.1) is 0 Å². The summed E-state index contributed by atoms with van der Waals surface area (Å²) in [5, 5.41) is 6.33. The van der Waals surface area contributed by atoms with Gasteiger partial charge < -0.3 is 15.4 Å². The summed E-state index contributed by atoms with van der Waals surface area (Å²) in [4.78, 5) is 13.1. The molecule has 0 aromatic heterocycles. The molecule has 27 heavy (non-hydrogen) atoms. The number of rotatable bonds is 6. The summed E-state index contributed by atoms with van der Waals surface area (Å²) in [5.41, 5.74) is 3.12. The maximum Gasteiger partial charge on any atom is 0.260 e. The van der Waals surface area contributed by atoms with Gasteiger partial charge in [-0.3, -0.25) is 4.79 Å². The zero-order valence-corrected chi connectivity index (χ0v) is 20.1. The number of carbonyl (C=O) groups excluding carboxylic acids is 1. The van der Waals surface area contributed by atoms with Crippen molar-refractivity contribution in [3.05, 3.63) is 59.6 Å². The van der Waals surface area contributed by atoms with Crippen LogP contribution in [0.5, 0.6) is 5.75 Å². The van der Waals surface area contributed by atoms with Crippen molar-refractivity contribution in [3.8, 4) is 5.75 Å². The number of nitrogens with one attached hydrogen (secondary N) is 2. The highest BCUT2D eigenvalue weighted by Crippen LogP contribution is 2.33. The van der Waals surface area contributed by atoms with Gasteiger partial charge in [0.1, 0.15) is 5.75 Å². The molecule has 1 fully saturated rings. The zero-order chi connectivity index (χ0) is 19.4. The average Bonchev–Trinajstić information content (AvgIpc) is 2.98. The lowest BCUT2D eigenvalue weighted by molar-refractivity contribution is -0.116. The predicted molar refractivity (Wildman–Crippen MR) is 130 cm³/mol. The number of anilines is 1. The lowest BCUT2D eigenvalue weighted by atomic mass is 10.1. The first-order chi connectivity index (χ1) is 13.0. The maximum absolute atomic E-state index is 12.4. The number of ether oxygens (including phenoxy) is 1. The van der Waals surface area contributed by atoms with Gasteiger partial charge >= 0.3 is 0 Å². The highest BCUT2D eigenvalue weighted by Gasteiger charge is 2.27. The normalized spacial score (nSPS) is 17.9. The van der Waals surface area contributed by atoms with E-state index in [2.05, 4.69) is 74.9 Å². The fourth-order valence-electron chi connectivity index (χ4n) is 2.65. The molecule has 0 spiro atoms. The molecule has 7 heteroatoms. The second-order valence-corrected chi connectivity index (χ2v) is 9.39. The minimum absolute atomic E-state index is 0.0541. The number of amides is 1. The second-order valence-electron chi connectivity index (χ2n) is 5.92. The molecule has 0 radical (unpaired) electrons. The van der Waals surface area contributed by atoms with Crippen LogP contribution >= 0.6 is 56.9 Å². The Bertz CT molecular complexity index is 846. The summed E-state index contributed by atoms with van der Waals surface area (Å²) in [6, 6.07) is 12.4. The van der Waals surface area contributed by atoms with E-state index in [9.17, 15) is 4.79 Å². The first kappa shape index (κ1) is 20.8. The summed E-state index contributed by atoms with van der Waals surface area (Å²) >= 11 is 6.04. The zero-order valence-electron chi connectivity index (χ0n) is 15.0. The fraction of sp³-hybridized carbons (Fsp3) is 0.250. The molecule has 2 N–H and O–H groups in total. The Morgan fingerprint density at radius 1 is 1.19 bits per heavy atom. The van der Waals surface area contributed by atoms with E-state index < -0.39 is 0 Å². The third kappa shape index (κ3) is 5.32. The summed E-state index contributed by atoms with van der Waals surface area (Å²) in [6.45, 7) is 4.75. The number of halogens is 2. The van der Waals surface area contributed by atoms with Gasteiger partial charge in [-0.25, -0.2) is 0 Å². The minimum atomic E-state index is -0.169. The van der Waals surface area contributed by atoms with Gasteiger partial charge in [0.15, 0.2) is 5.50 Å². The Hall–Kier alpha value is -0.940. The molecule has 1 aliphatic heterocycles. The van der Waals surface area contributed by atoms with Gasteiger partial charge in [0.25, 0.3) is 5.91 Å². The molecular weight excluding hydrogens is 586 g/mol. The van der Waals surface area contributed by atoms with E-state index in [4.69, 9.17) is 4.74 Å². The molecule has 4 nitrogen and oxygen atoms in total. The van der Waals surface area contributed by atoms with E-state index >= 15 is 0 Å². The van der Waals surface area contributed by atoms with Crippen molar-refractivity contribution in [1.29, 1.82) is 0 Å². The minimum Gasteiger partial charge on any atom is -0.492 e. The molecule has 2 aromatic rings. The molecule has 1 atom stereocenters. The van der Waals surface area contributed by atoms with E-state index in [1.807, 2.05) is 37.3 Å². The number of carbonyl (C=O) groups is 1. The monoisotopic (exact) mass is 606 g/mol. The Balaban J connectivity index is 1.73. The van der Waals surface area contributed by atoms with Gasteiger partial charge in [-0.1, -0.05) is 30.8 Å². The second kappa shape index (κ2) is 9.51. The van der Waals surface area contributed by atoms with Crippen LogP contribution in [0, 0.1) is 7.14 Å². The van der Waals surface area contributed by atoms with E-state index in [1.54, 1.807) is 0 Å². The number of benzene rings is 2. The first-order valence-electron chi connectivity index (χ1n) is 8.66. The number of hydrogen-bond acceptors (Lipinski definition) is 4. The van der Waals surface area contributed by atoms with Crippen LogP contribution in [0.1, 0.15) is 25.0 Å². The van der Waals surface area contributed by atoms with E-state index in [-0.39, 0.29) is 11.4 Å². The molecular formula is C20H20I2N2O2S. The topological polar surface area (TPSA) is 50.4 Å². The molecule has 0 bridgehead atoms. The van der Waals surface area contributed by atoms with Crippen LogP contribution < -0.4 is 15.4 Å². The Kier molecular flexibility index (Phi) is 7.32. The van der Waals surface area contributed by atoms with Crippen LogP contribution in [-0.4, -0.2) is 18.0 Å². The average molecular weight is 606 g/mol. The third-order valence-electron chi connectivity index (χ3n) is 4.00. The first-order valence-corrected chi connectivity index (χ1v) is 11.7. The molecule has 1 saturated heterocycles. The quantitative estimate of drug-likeness (QED) is 0.339. The van der Waals surface area contributed by atoms with Crippen molar-refractivity contribution in [3.63, 3.8) is 0 Å². The molecule has 3 rings (SSSR count).